The number of hydrogen-bond acceptors (Lipinski definition) is 5. The SMILES string of the molecule is Cc1nc2ccc(Cl)cc2cc1C(=O)Nc1ccc(CN2C(=O)CSC2=O)cc1. The summed E-state index contributed by atoms with van der Waals surface area (Å²) in [7, 11) is 0. The highest BCUT2D eigenvalue weighted by molar-refractivity contribution is 8.14. The fourth-order valence-corrected chi connectivity index (χ4v) is 3.99. The average molecular weight is 426 g/mol. The molecule has 1 fully saturated rings. The second-order valence-electron chi connectivity index (χ2n) is 6.64. The third-order valence-corrected chi connectivity index (χ3v) is 5.70. The van der Waals surface area contributed by atoms with Crippen molar-refractivity contribution in [2.24, 2.45) is 0 Å². The van der Waals surface area contributed by atoms with Gasteiger partial charge in [0.1, 0.15) is 0 Å². The van der Waals surface area contributed by atoms with Gasteiger partial charge in [0.2, 0.25) is 5.91 Å². The number of carbonyl (C=O) groups excluding carboxylic acids is 3. The van der Waals surface area contributed by atoms with Crippen LogP contribution < -0.4 is 5.32 Å². The van der Waals surface area contributed by atoms with E-state index >= 15 is 0 Å². The van der Waals surface area contributed by atoms with E-state index in [1.54, 1.807) is 49.4 Å². The minimum Gasteiger partial charge on any atom is -0.322 e. The lowest BCUT2D eigenvalue weighted by atomic mass is 10.1. The number of rotatable bonds is 4. The lowest BCUT2D eigenvalue weighted by molar-refractivity contribution is -0.125. The Kier molecular flexibility index (Phi) is 5.25. The Hall–Kier alpha value is -2.90. The first-order valence-corrected chi connectivity index (χ1v) is 10.2. The van der Waals surface area contributed by atoms with Crippen LogP contribution in [-0.2, 0) is 11.3 Å². The molecule has 1 N–H and O–H groups in total. The number of fused-ring (bicyclic) bond motifs is 1. The molecule has 8 heteroatoms. The molecule has 0 aliphatic carbocycles. The van der Waals surface area contributed by atoms with Gasteiger partial charge in [0, 0.05) is 16.1 Å². The number of aromatic nitrogens is 1. The standard InChI is InChI=1S/C21H16ClN3O3S/c1-12-17(9-14-8-15(22)4-7-18(14)23-12)20(27)24-16-5-2-13(3-6-16)10-25-19(26)11-29-21(25)28/h2-9H,10-11H2,1H3,(H,24,27). The predicted octanol–water partition coefficient (Wildman–Crippen LogP) is 4.64. The van der Waals surface area contributed by atoms with Crippen LogP contribution in [0.5, 0.6) is 0 Å². The van der Waals surface area contributed by atoms with Crippen LogP contribution in [0.2, 0.25) is 5.02 Å². The largest absolute Gasteiger partial charge is 0.322 e. The highest BCUT2D eigenvalue weighted by atomic mass is 35.5. The number of anilines is 1. The van der Waals surface area contributed by atoms with Crippen molar-refractivity contribution in [2.45, 2.75) is 13.5 Å². The second kappa shape index (κ2) is 7.85. The van der Waals surface area contributed by atoms with Crippen LogP contribution in [-0.4, -0.2) is 32.7 Å². The lowest BCUT2D eigenvalue weighted by Crippen LogP contribution is -2.27. The summed E-state index contributed by atoms with van der Waals surface area (Å²) in [4.78, 5) is 41.9. The van der Waals surface area contributed by atoms with Crippen molar-refractivity contribution in [3.05, 3.63) is 70.4 Å². The summed E-state index contributed by atoms with van der Waals surface area (Å²) in [6, 6.07) is 14.2. The summed E-state index contributed by atoms with van der Waals surface area (Å²) in [5.41, 5.74) is 3.28. The van der Waals surface area contributed by atoms with E-state index in [9.17, 15) is 14.4 Å². The van der Waals surface area contributed by atoms with Crippen molar-refractivity contribution in [1.29, 1.82) is 0 Å². The second-order valence-corrected chi connectivity index (χ2v) is 8.01. The number of benzene rings is 2. The molecule has 1 aliphatic heterocycles. The molecule has 146 valence electrons. The number of amides is 3. The maximum atomic E-state index is 12.7. The number of thioether (sulfide) groups is 1. The summed E-state index contributed by atoms with van der Waals surface area (Å²) in [5, 5.41) is 4.00. The minimum absolute atomic E-state index is 0.184. The van der Waals surface area contributed by atoms with E-state index in [0.717, 1.165) is 28.2 Å². The third-order valence-electron chi connectivity index (χ3n) is 4.61. The Labute approximate surface area is 176 Å². The van der Waals surface area contributed by atoms with Crippen LogP contribution in [0.4, 0.5) is 10.5 Å². The van der Waals surface area contributed by atoms with Crippen LogP contribution in [0.1, 0.15) is 21.6 Å². The number of imide groups is 1. The molecule has 1 saturated heterocycles. The third kappa shape index (κ3) is 4.11. The van der Waals surface area contributed by atoms with E-state index in [4.69, 9.17) is 11.6 Å². The Bertz CT molecular complexity index is 1130. The van der Waals surface area contributed by atoms with Crippen LogP contribution in [0.3, 0.4) is 0 Å². The number of nitrogens with one attached hydrogen (secondary N) is 1. The number of pyridine rings is 1. The van der Waals surface area contributed by atoms with Gasteiger partial charge in [0.05, 0.1) is 29.1 Å². The van der Waals surface area contributed by atoms with Crippen molar-refractivity contribution in [3.8, 4) is 0 Å². The number of hydrogen-bond donors (Lipinski definition) is 1. The molecular formula is C21H16ClN3O3S. The summed E-state index contributed by atoms with van der Waals surface area (Å²) >= 11 is 7.05. The van der Waals surface area contributed by atoms with Gasteiger partial charge in [0.25, 0.3) is 11.1 Å². The monoisotopic (exact) mass is 425 g/mol. The number of halogens is 1. The molecule has 0 bridgehead atoms. The molecule has 3 amide bonds. The Morgan fingerprint density at radius 1 is 1.17 bits per heavy atom. The quantitative estimate of drug-likeness (QED) is 0.658. The van der Waals surface area contributed by atoms with Crippen molar-refractivity contribution in [3.63, 3.8) is 0 Å². The smallest absolute Gasteiger partial charge is 0.289 e. The molecule has 3 aromatic rings. The maximum Gasteiger partial charge on any atom is 0.289 e. The highest BCUT2D eigenvalue weighted by Gasteiger charge is 2.29. The van der Waals surface area contributed by atoms with Crippen LogP contribution in [0.25, 0.3) is 10.9 Å². The van der Waals surface area contributed by atoms with Crippen LogP contribution in [0, 0.1) is 6.92 Å². The zero-order valence-electron chi connectivity index (χ0n) is 15.4. The van der Waals surface area contributed by atoms with Crippen molar-refractivity contribution in [1.82, 2.24) is 9.88 Å². The van der Waals surface area contributed by atoms with Crippen molar-refractivity contribution in [2.75, 3.05) is 11.1 Å². The van der Waals surface area contributed by atoms with E-state index in [1.165, 1.54) is 4.90 Å². The van der Waals surface area contributed by atoms with E-state index < -0.39 is 0 Å². The van der Waals surface area contributed by atoms with Gasteiger partial charge in [0.15, 0.2) is 0 Å². The zero-order valence-corrected chi connectivity index (χ0v) is 17.0. The average Bonchev–Trinajstić information content (AvgIpc) is 3.01. The fraction of sp³-hybridized carbons (Fsp3) is 0.143. The summed E-state index contributed by atoms with van der Waals surface area (Å²) < 4.78 is 0. The first-order chi connectivity index (χ1) is 13.9. The fourth-order valence-electron chi connectivity index (χ4n) is 3.08. The topological polar surface area (TPSA) is 79.4 Å². The van der Waals surface area contributed by atoms with Crippen molar-refractivity contribution < 1.29 is 14.4 Å². The van der Waals surface area contributed by atoms with Gasteiger partial charge in [-0.05, 0) is 48.9 Å². The normalized spacial score (nSPS) is 13.9. The summed E-state index contributed by atoms with van der Waals surface area (Å²) in [6.07, 6.45) is 0. The van der Waals surface area contributed by atoms with Gasteiger partial charge in [-0.15, -0.1) is 0 Å². The molecule has 0 radical (unpaired) electrons. The molecule has 0 spiro atoms. The minimum atomic E-state index is -0.272. The zero-order chi connectivity index (χ0) is 20.5. The van der Waals surface area contributed by atoms with E-state index in [1.807, 2.05) is 6.07 Å². The molecule has 0 saturated carbocycles. The first-order valence-electron chi connectivity index (χ1n) is 8.85. The lowest BCUT2D eigenvalue weighted by Gasteiger charge is -2.13. The molecule has 1 aliphatic rings. The van der Waals surface area contributed by atoms with Crippen molar-refractivity contribution >= 4 is 57.0 Å². The predicted molar refractivity (Wildman–Crippen MR) is 114 cm³/mol. The Balaban J connectivity index is 1.50. The van der Waals surface area contributed by atoms with E-state index in [2.05, 4.69) is 10.3 Å². The Morgan fingerprint density at radius 3 is 2.62 bits per heavy atom. The molecule has 0 atom stereocenters. The molecule has 6 nitrogen and oxygen atoms in total. The highest BCUT2D eigenvalue weighted by Crippen LogP contribution is 2.23. The number of nitrogens with zero attached hydrogens (tertiary/aromatic N) is 2. The van der Waals surface area contributed by atoms with Gasteiger partial charge in [-0.2, -0.15) is 0 Å². The van der Waals surface area contributed by atoms with Gasteiger partial charge in [-0.3, -0.25) is 24.3 Å². The molecule has 0 unspecified atom stereocenters. The number of carbonyl (C=O) groups is 3. The molecule has 2 heterocycles. The number of aryl methyl sites for hydroxylation is 1. The summed E-state index contributed by atoms with van der Waals surface area (Å²) in [6.45, 7) is 2.02. The van der Waals surface area contributed by atoms with E-state index in [0.29, 0.717) is 22.0 Å². The summed E-state index contributed by atoms with van der Waals surface area (Å²) in [5.74, 6) is -0.264. The van der Waals surface area contributed by atoms with Crippen LogP contribution >= 0.6 is 23.4 Å². The molecule has 1 aromatic heterocycles. The molecule has 29 heavy (non-hydrogen) atoms. The molecule has 2 aromatic carbocycles. The van der Waals surface area contributed by atoms with Gasteiger partial charge in [-0.25, -0.2) is 0 Å². The maximum absolute atomic E-state index is 12.7. The molecule has 4 rings (SSSR count). The molecular weight excluding hydrogens is 410 g/mol. The van der Waals surface area contributed by atoms with E-state index in [-0.39, 0.29) is 29.4 Å². The van der Waals surface area contributed by atoms with Crippen LogP contribution in [0.15, 0.2) is 48.5 Å². The van der Waals surface area contributed by atoms with Gasteiger partial charge in [-0.1, -0.05) is 35.5 Å². The Morgan fingerprint density at radius 2 is 1.93 bits per heavy atom. The van der Waals surface area contributed by atoms with Gasteiger partial charge >= 0.3 is 0 Å². The first kappa shape index (κ1) is 19.4. The van der Waals surface area contributed by atoms with Gasteiger partial charge < -0.3 is 5.32 Å².